The van der Waals surface area contributed by atoms with Crippen molar-refractivity contribution in [2.45, 2.75) is 37.4 Å². The first-order valence-corrected chi connectivity index (χ1v) is 5.47. The minimum absolute atomic E-state index is 0.217. The van der Waals surface area contributed by atoms with Crippen LogP contribution in [0.5, 0.6) is 0 Å². The summed E-state index contributed by atoms with van der Waals surface area (Å²) in [5, 5.41) is 6.52. The van der Waals surface area contributed by atoms with Gasteiger partial charge in [-0.1, -0.05) is 0 Å². The van der Waals surface area contributed by atoms with Crippen molar-refractivity contribution in [2.24, 2.45) is 5.92 Å². The standard InChI is InChI=1S/C10H16N2O2/c13-10(12-7-4-14-5-7)8-3-6-1-2-9(8)11-6/h6-9,11H,1-5H2,(H,12,13). The third-order valence-corrected chi connectivity index (χ3v) is 3.62. The fourth-order valence-electron chi connectivity index (χ4n) is 2.74. The van der Waals surface area contributed by atoms with Gasteiger partial charge in [0.15, 0.2) is 0 Å². The van der Waals surface area contributed by atoms with Crippen molar-refractivity contribution in [3.63, 3.8) is 0 Å². The van der Waals surface area contributed by atoms with Crippen LogP contribution in [0.15, 0.2) is 0 Å². The number of hydrogen-bond donors (Lipinski definition) is 2. The van der Waals surface area contributed by atoms with Crippen LogP contribution in [0.25, 0.3) is 0 Å². The molecule has 0 saturated carbocycles. The molecule has 3 aliphatic heterocycles. The van der Waals surface area contributed by atoms with E-state index in [1.165, 1.54) is 12.8 Å². The summed E-state index contributed by atoms with van der Waals surface area (Å²) in [7, 11) is 0. The molecule has 0 radical (unpaired) electrons. The molecule has 4 heteroatoms. The lowest BCUT2D eigenvalue weighted by molar-refractivity contribution is -0.129. The Morgan fingerprint density at radius 2 is 2.21 bits per heavy atom. The van der Waals surface area contributed by atoms with E-state index in [1.54, 1.807) is 0 Å². The molecule has 78 valence electrons. The molecule has 3 saturated heterocycles. The summed E-state index contributed by atoms with van der Waals surface area (Å²) in [4.78, 5) is 11.8. The van der Waals surface area contributed by atoms with Gasteiger partial charge in [-0.2, -0.15) is 0 Å². The first kappa shape index (κ1) is 8.68. The molecule has 2 bridgehead atoms. The summed E-state index contributed by atoms with van der Waals surface area (Å²) in [5.41, 5.74) is 0. The molecule has 1 amide bonds. The predicted octanol–water partition coefficient (Wildman–Crippen LogP) is -0.358. The number of fused-ring (bicyclic) bond motifs is 2. The van der Waals surface area contributed by atoms with E-state index in [1.807, 2.05) is 0 Å². The van der Waals surface area contributed by atoms with E-state index in [2.05, 4.69) is 10.6 Å². The van der Waals surface area contributed by atoms with Crippen LogP contribution in [0.3, 0.4) is 0 Å². The van der Waals surface area contributed by atoms with Gasteiger partial charge in [0, 0.05) is 12.1 Å². The number of carbonyl (C=O) groups excluding carboxylic acids is 1. The molecule has 4 nitrogen and oxygen atoms in total. The van der Waals surface area contributed by atoms with Crippen molar-refractivity contribution in [3.8, 4) is 0 Å². The zero-order chi connectivity index (χ0) is 9.54. The third kappa shape index (κ3) is 1.33. The lowest BCUT2D eigenvalue weighted by Crippen LogP contribution is -2.51. The van der Waals surface area contributed by atoms with Crippen LogP contribution in [0, 0.1) is 5.92 Å². The minimum Gasteiger partial charge on any atom is -0.377 e. The van der Waals surface area contributed by atoms with Gasteiger partial charge in [-0.3, -0.25) is 4.79 Å². The van der Waals surface area contributed by atoms with Gasteiger partial charge in [-0.15, -0.1) is 0 Å². The van der Waals surface area contributed by atoms with E-state index in [9.17, 15) is 4.79 Å². The van der Waals surface area contributed by atoms with Crippen molar-refractivity contribution in [3.05, 3.63) is 0 Å². The molecule has 3 unspecified atom stereocenters. The van der Waals surface area contributed by atoms with Gasteiger partial charge in [-0.25, -0.2) is 0 Å². The smallest absolute Gasteiger partial charge is 0.225 e. The third-order valence-electron chi connectivity index (χ3n) is 3.62. The van der Waals surface area contributed by atoms with Gasteiger partial charge < -0.3 is 15.4 Å². The Morgan fingerprint density at radius 3 is 2.71 bits per heavy atom. The molecule has 0 spiro atoms. The summed E-state index contributed by atoms with van der Waals surface area (Å²) in [5.74, 6) is 0.451. The van der Waals surface area contributed by atoms with Crippen molar-refractivity contribution in [2.75, 3.05) is 13.2 Å². The Hall–Kier alpha value is -0.610. The molecule has 3 atom stereocenters. The molecule has 3 fully saturated rings. The predicted molar refractivity (Wildman–Crippen MR) is 50.8 cm³/mol. The van der Waals surface area contributed by atoms with Crippen molar-refractivity contribution >= 4 is 5.91 Å². The molecule has 0 aromatic heterocycles. The molecule has 3 aliphatic rings. The molecular weight excluding hydrogens is 180 g/mol. The van der Waals surface area contributed by atoms with Crippen molar-refractivity contribution in [1.82, 2.24) is 10.6 Å². The average Bonchev–Trinajstić information content (AvgIpc) is 2.71. The fourth-order valence-corrected chi connectivity index (χ4v) is 2.74. The highest BCUT2D eigenvalue weighted by atomic mass is 16.5. The highest BCUT2D eigenvalue weighted by Crippen LogP contribution is 2.33. The minimum atomic E-state index is 0.217. The second kappa shape index (κ2) is 3.21. The maximum absolute atomic E-state index is 11.8. The van der Waals surface area contributed by atoms with Crippen LogP contribution in [0.2, 0.25) is 0 Å². The maximum Gasteiger partial charge on any atom is 0.225 e. The van der Waals surface area contributed by atoms with Crippen molar-refractivity contribution in [1.29, 1.82) is 0 Å². The lowest BCUT2D eigenvalue weighted by Gasteiger charge is -2.29. The molecule has 3 rings (SSSR count). The molecule has 3 heterocycles. The highest BCUT2D eigenvalue weighted by Gasteiger charge is 2.43. The van der Waals surface area contributed by atoms with Crippen LogP contribution in [0.4, 0.5) is 0 Å². The molecule has 0 aliphatic carbocycles. The number of ether oxygens (including phenoxy) is 1. The summed E-state index contributed by atoms with van der Waals surface area (Å²) in [6.07, 6.45) is 3.45. The number of amides is 1. The Kier molecular flexibility index (Phi) is 1.99. The topological polar surface area (TPSA) is 50.4 Å². The molecular formula is C10H16N2O2. The van der Waals surface area contributed by atoms with E-state index in [0.717, 1.165) is 6.42 Å². The van der Waals surface area contributed by atoms with Gasteiger partial charge in [0.2, 0.25) is 5.91 Å². The quantitative estimate of drug-likeness (QED) is 0.634. The van der Waals surface area contributed by atoms with E-state index in [-0.39, 0.29) is 17.9 Å². The Labute approximate surface area is 83.4 Å². The summed E-state index contributed by atoms with van der Waals surface area (Å²) in [6.45, 7) is 1.39. The second-order valence-corrected chi connectivity index (χ2v) is 4.63. The van der Waals surface area contributed by atoms with Crippen LogP contribution in [-0.4, -0.2) is 37.2 Å². The zero-order valence-electron chi connectivity index (χ0n) is 8.16. The molecule has 14 heavy (non-hydrogen) atoms. The number of hydrogen-bond acceptors (Lipinski definition) is 3. The van der Waals surface area contributed by atoms with Crippen LogP contribution < -0.4 is 10.6 Å². The van der Waals surface area contributed by atoms with E-state index in [4.69, 9.17) is 4.74 Å². The molecule has 0 aromatic carbocycles. The van der Waals surface area contributed by atoms with Crippen LogP contribution in [0.1, 0.15) is 19.3 Å². The highest BCUT2D eigenvalue weighted by molar-refractivity contribution is 5.80. The SMILES string of the molecule is O=C(NC1COC1)C1CC2CCC1N2. The van der Waals surface area contributed by atoms with Crippen LogP contribution >= 0.6 is 0 Å². The number of carbonyl (C=O) groups is 1. The number of rotatable bonds is 2. The summed E-state index contributed by atoms with van der Waals surface area (Å²) in [6, 6.07) is 1.33. The van der Waals surface area contributed by atoms with Gasteiger partial charge in [-0.05, 0) is 19.3 Å². The van der Waals surface area contributed by atoms with E-state index >= 15 is 0 Å². The van der Waals surface area contributed by atoms with Crippen LogP contribution in [-0.2, 0) is 9.53 Å². The Balaban J connectivity index is 1.57. The Morgan fingerprint density at radius 1 is 1.36 bits per heavy atom. The van der Waals surface area contributed by atoms with Gasteiger partial charge in [0.05, 0.1) is 25.2 Å². The second-order valence-electron chi connectivity index (χ2n) is 4.63. The summed E-state index contributed by atoms with van der Waals surface area (Å²) >= 11 is 0. The largest absolute Gasteiger partial charge is 0.377 e. The molecule has 0 aromatic rings. The lowest BCUT2D eigenvalue weighted by atomic mass is 9.88. The first-order valence-electron chi connectivity index (χ1n) is 5.47. The van der Waals surface area contributed by atoms with Crippen molar-refractivity contribution < 1.29 is 9.53 Å². The number of nitrogens with one attached hydrogen (secondary N) is 2. The normalized spacial score (nSPS) is 41.0. The summed E-state index contributed by atoms with van der Waals surface area (Å²) < 4.78 is 5.03. The average molecular weight is 196 g/mol. The van der Waals surface area contributed by atoms with Gasteiger partial charge in [0.1, 0.15) is 0 Å². The maximum atomic E-state index is 11.8. The Bertz CT molecular complexity index is 253. The first-order chi connectivity index (χ1) is 6.83. The van der Waals surface area contributed by atoms with Gasteiger partial charge >= 0.3 is 0 Å². The van der Waals surface area contributed by atoms with Gasteiger partial charge in [0.25, 0.3) is 0 Å². The molecule has 2 N–H and O–H groups in total. The zero-order valence-corrected chi connectivity index (χ0v) is 8.16. The fraction of sp³-hybridized carbons (Fsp3) is 0.900. The monoisotopic (exact) mass is 196 g/mol. The van der Waals surface area contributed by atoms with E-state index in [0.29, 0.717) is 25.3 Å². The van der Waals surface area contributed by atoms with E-state index < -0.39 is 0 Å².